The predicted octanol–water partition coefficient (Wildman–Crippen LogP) is 3.88. The number of benzene rings is 2. The second-order valence-electron chi connectivity index (χ2n) is 6.50. The minimum Gasteiger partial charge on any atom is -0.482 e. The molecule has 0 fully saturated rings. The van der Waals surface area contributed by atoms with Crippen molar-refractivity contribution in [1.29, 1.82) is 0 Å². The molecule has 0 radical (unpaired) electrons. The van der Waals surface area contributed by atoms with Crippen LogP contribution in [0.1, 0.15) is 35.3 Å². The Labute approximate surface area is 156 Å². The van der Waals surface area contributed by atoms with Gasteiger partial charge in [0.1, 0.15) is 17.2 Å². The van der Waals surface area contributed by atoms with Crippen molar-refractivity contribution in [3.63, 3.8) is 0 Å². The zero-order chi connectivity index (χ0) is 20.2. The van der Waals surface area contributed by atoms with E-state index < -0.39 is 57.7 Å². The molecular weight excluding hydrogens is 375 g/mol. The van der Waals surface area contributed by atoms with E-state index in [0.29, 0.717) is 12.0 Å². The Morgan fingerprint density at radius 1 is 1.14 bits per heavy atom. The molecule has 0 saturated heterocycles. The molecule has 2 heterocycles. The smallest absolute Gasteiger partial charge is 0.341 e. The lowest BCUT2D eigenvalue weighted by atomic mass is 9.95. The third-order valence-electron chi connectivity index (χ3n) is 4.95. The highest BCUT2D eigenvalue weighted by Gasteiger charge is 2.37. The van der Waals surface area contributed by atoms with Crippen LogP contribution in [0, 0.1) is 17.5 Å². The highest BCUT2D eigenvalue weighted by Crippen LogP contribution is 2.42. The molecule has 2 aromatic carbocycles. The number of carbonyl (C=O) groups is 1. The van der Waals surface area contributed by atoms with Crippen LogP contribution in [-0.4, -0.2) is 21.7 Å². The summed E-state index contributed by atoms with van der Waals surface area (Å²) in [7, 11) is 0. The Hall–Kier alpha value is -3.29. The maximum atomic E-state index is 14.5. The van der Waals surface area contributed by atoms with Crippen molar-refractivity contribution in [2.45, 2.75) is 25.5 Å². The number of hydrogen-bond donors (Lipinski definition) is 1. The highest BCUT2D eigenvalue weighted by molar-refractivity contribution is 5.95. The van der Waals surface area contributed by atoms with Gasteiger partial charge >= 0.3 is 5.97 Å². The van der Waals surface area contributed by atoms with Gasteiger partial charge in [0.15, 0.2) is 17.4 Å². The molecule has 1 aromatic heterocycles. The second-order valence-corrected chi connectivity index (χ2v) is 6.50. The summed E-state index contributed by atoms with van der Waals surface area (Å²) in [5, 5.41) is 8.55. The molecular formula is C20H14F3NO4. The number of halogens is 3. The molecule has 2 atom stereocenters. The van der Waals surface area contributed by atoms with Crippen LogP contribution in [0.5, 0.6) is 5.75 Å². The fraction of sp³-hybridized carbons (Fsp3) is 0.200. The Bertz CT molecular complexity index is 1170. The lowest BCUT2D eigenvalue weighted by Crippen LogP contribution is -2.36. The van der Waals surface area contributed by atoms with Crippen molar-refractivity contribution in [3.05, 3.63) is 75.3 Å². The van der Waals surface area contributed by atoms with Crippen LogP contribution in [0.4, 0.5) is 13.2 Å². The number of aromatic carboxylic acids is 1. The van der Waals surface area contributed by atoms with Crippen molar-refractivity contribution in [2.75, 3.05) is 0 Å². The number of ether oxygens (including phenoxy) is 1. The van der Waals surface area contributed by atoms with E-state index in [9.17, 15) is 27.9 Å². The summed E-state index contributed by atoms with van der Waals surface area (Å²) in [6.07, 6.45) is 0.713. The summed E-state index contributed by atoms with van der Waals surface area (Å²) >= 11 is 0. The van der Waals surface area contributed by atoms with Gasteiger partial charge in [-0.1, -0.05) is 37.3 Å². The molecule has 0 aliphatic carbocycles. The maximum absolute atomic E-state index is 14.5. The third-order valence-corrected chi connectivity index (χ3v) is 4.95. The van der Waals surface area contributed by atoms with Crippen LogP contribution >= 0.6 is 0 Å². The lowest BCUT2D eigenvalue weighted by Gasteiger charge is -2.36. The minimum atomic E-state index is -1.87. The summed E-state index contributed by atoms with van der Waals surface area (Å²) < 4.78 is 50.0. The fourth-order valence-electron chi connectivity index (χ4n) is 3.68. The van der Waals surface area contributed by atoms with Crippen molar-refractivity contribution in [3.8, 4) is 5.75 Å². The maximum Gasteiger partial charge on any atom is 0.341 e. The number of carboxylic acid groups (broad SMARTS) is 1. The molecule has 144 valence electrons. The topological polar surface area (TPSA) is 68.5 Å². The molecule has 1 N–H and O–H groups in total. The van der Waals surface area contributed by atoms with Gasteiger partial charge in [-0.3, -0.25) is 4.79 Å². The first-order chi connectivity index (χ1) is 13.4. The highest BCUT2D eigenvalue weighted by atomic mass is 19.2. The Balaban J connectivity index is 2.21. The Morgan fingerprint density at radius 3 is 2.43 bits per heavy atom. The van der Waals surface area contributed by atoms with Gasteiger partial charge in [-0.25, -0.2) is 13.6 Å². The van der Waals surface area contributed by atoms with E-state index >= 15 is 0 Å². The van der Waals surface area contributed by atoms with Crippen LogP contribution in [0.15, 0.2) is 41.3 Å². The van der Waals surface area contributed by atoms with Gasteiger partial charge in [0, 0.05) is 6.20 Å². The first kappa shape index (κ1) is 18.1. The largest absolute Gasteiger partial charge is 0.482 e. The van der Waals surface area contributed by atoms with Crippen LogP contribution in [0.3, 0.4) is 0 Å². The van der Waals surface area contributed by atoms with E-state index in [4.69, 9.17) is 4.74 Å². The Kier molecular flexibility index (Phi) is 4.14. The number of aromatic nitrogens is 1. The van der Waals surface area contributed by atoms with Gasteiger partial charge in [0.2, 0.25) is 11.2 Å². The molecule has 1 unspecified atom stereocenters. The number of carboxylic acids is 1. The summed E-state index contributed by atoms with van der Waals surface area (Å²) in [6, 6.07) is 8.12. The average Bonchev–Trinajstić information content (AvgIpc) is 2.70. The van der Waals surface area contributed by atoms with E-state index in [1.54, 1.807) is 37.3 Å². The van der Waals surface area contributed by atoms with Gasteiger partial charge in [0.05, 0.1) is 11.4 Å². The quantitative estimate of drug-likeness (QED) is 0.691. The van der Waals surface area contributed by atoms with Crippen molar-refractivity contribution >= 4 is 16.9 Å². The molecule has 8 heteroatoms. The molecule has 0 bridgehead atoms. The average molecular weight is 389 g/mol. The molecule has 1 aliphatic rings. The first-order valence-electron chi connectivity index (χ1n) is 8.57. The number of hydrogen-bond acceptors (Lipinski definition) is 3. The zero-order valence-electron chi connectivity index (χ0n) is 14.6. The molecule has 3 aromatic rings. The van der Waals surface area contributed by atoms with Crippen molar-refractivity contribution in [1.82, 2.24) is 4.57 Å². The van der Waals surface area contributed by atoms with Crippen LogP contribution in [0.2, 0.25) is 0 Å². The molecule has 28 heavy (non-hydrogen) atoms. The standard InChI is InChI=1S/C20H14F3NO4/c1-2-11-16(9-6-4-3-5-7-9)24-8-10(20(26)27)18(25)12-13(21)14(22)15(23)19(28-11)17(12)24/h3-8,11,16H,2H2,1H3,(H,26,27)/t11-,16?/m0/s1. The zero-order valence-corrected chi connectivity index (χ0v) is 14.6. The summed E-state index contributed by atoms with van der Waals surface area (Å²) in [5.41, 5.74) is -1.58. The van der Waals surface area contributed by atoms with E-state index in [1.165, 1.54) is 4.57 Å². The molecule has 0 saturated carbocycles. The predicted molar refractivity (Wildman–Crippen MR) is 94.3 cm³/mol. The molecule has 4 rings (SSSR count). The molecule has 5 nitrogen and oxygen atoms in total. The van der Waals surface area contributed by atoms with Gasteiger partial charge in [0.25, 0.3) is 0 Å². The summed E-state index contributed by atoms with van der Waals surface area (Å²) in [5.74, 6) is -7.34. The molecule has 1 aliphatic heterocycles. The number of rotatable bonds is 3. The first-order valence-corrected chi connectivity index (χ1v) is 8.57. The summed E-state index contributed by atoms with van der Waals surface area (Å²) in [6.45, 7) is 1.77. The van der Waals surface area contributed by atoms with Gasteiger partial charge < -0.3 is 14.4 Å². The normalized spacial score (nSPS) is 18.1. The van der Waals surface area contributed by atoms with E-state index in [-0.39, 0.29) is 5.52 Å². The number of pyridine rings is 1. The minimum absolute atomic E-state index is 0.301. The van der Waals surface area contributed by atoms with Gasteiger partial charge in [-0.15, -0.1) is 0 Å². The SMILES string of the molecule is CC[C@@H]1Oc2c(F)c(F)c(F)c3c(=O)c(C(=O)O)cn(c23)C1c1ccccc1. The van der Waals surface area contributed by atoms with E-state index in [0.717, 1.165) is 6.20 Å². The van der Waals surface area contributed by atoms with Crippen LogP contribution in [-0.2, 0) is 0 Å². The summed E-state index contributed by atoms with van der Waals surface area (Å²) in [4.78, 5) is 24.1. The Morgan fingerprint density at radius 2 is 1.82 bits per heavy atom. The van der Waals surface area contributed by atoms with E-state index in [1.807, 2.05) is 0 Å². The van der Waals surface area contributed by atoms with Crippen molar-refractivity contribution < 1.29 is 27.8 Å². The number of nitrogens with zero attached hydrogens (tertiary/aromatic N) is 1. The lowest BCUT2D eigenvalue weighted by molar-refractivity contribution is 0.0693. The van der Waals surface area contributed by atoms with Gasteiger partial charge in [-0.05, 0) is 12.0 Å². The fourth-order valence-corrected chi connectivity index (χ4v) is 3.68. The van der Waals surface area contributed by atoms with Crippen LogP contribution < -0.4 is 10.2 Å². The second kappa shape index (κ2) is 6.40. The molecule has 0 amide bonds. The van der Waals surface area contributed by atoms with E-state index in [2.05, 4.69) is 0 Å². The monoisotopic (exact) mass is 389 g/mol. The van der Waals surface area contributed by atoms with Crippen LogP contribution in [0.25, 0.3) is 10.9 Å². The molecule has 0 spiro atoms. The third kappa shape index (κ3) is 2.41. The van der Waals surface area contributed by atoms with Crippen molar-refractivity contribution in [2.24, 2.45) is 0 Å². The van der Waals surface area contributed by atoms with Gasteiger partial charge in [-0.2, -0.15) is 4.39 Å².